The molecule has 0 aromatic rings. The molecule has 1 rings (SSSR count). The SMILES string of the molecule is CC1=C(C)C(C)[Si](=O)C=C1. The van der Waals surface area contributed by atoms with Crippen LogP contribution in [0.3, 0.4) is 0 Å². The Hall–Kier alpha value is -0.503. The second-order valence-corrected chi connectivity index (χ2v) is 4.83. The number of hydrogen-bond acceptors (Lipinski definition) is 1. The van der Waals surface area contributed by atoms with E-state index in [0.29, 0.717) is 0 Å². The van der Waals surface area contributed by atoms with Crippen molar-refractivity contribution in [3.05, 3.63) is 22.9 Å². The van der Waals surface area contributed by atoms with Crippen LogP contribution in [0.4, 0.5) is 0 Å². The maximum Gasteiger partial charge on any atom is 0.311 e. The molecule has 2 heteroatoms. The molecule has 0 bridgehead atoms. The van der Waals surface area contributed by atoms with Crippen molar-refractivity contribution in [2.24, 2.45) is 0 Å². The molecule has 1 unspecified atom stereocenters. The van der Waals surface area contributed by atoms with E-state index in [9.17, 15) is 4.46 Å². The summed E-state index contributed by atoms with van der Waals surface area (Å²) in [7, 11) is -1.44. The molecule has 0 amide bonds. The van der Waals surface area contributed by atoms with Gasteiger partial charge in [0.1, 0.15) is 0 Å². The van der Waals surface area contributed by atoms with Crippen LogP contribution in [0, 0.1) is 0 Å². The molecule has 0 radical (unpaired) electrons. The predicted octanol–water partition coefficient (Wildman–Crippen LogP) is 2.24. The average molecular weight is 152 g/mol. The Labute approximate surface area is 63.1 Å². The zero-order chi connectivity index (χ0) is 7.72. The Bertz CT molecular complexity index is 225. The first-order valence-electron chi connectivity index (χ1n) is 3.52. The Morgan fingerprint density at radius 3 is 2.60 bits per heavy atom. The maximum absolute atomic E-state index is 11.2. The lowest BCUT2D eigenvalue weighted by atomic mass is 10.1. The minimum absolute atomic E-state index is 0.287. The summed E-state index contributed by atoms with van der Waals surface area (Å²) in [6.07, 6.45) is 1.97. The summed E-state index contributed by atoms with van der Waals surface area (Å²) in [6.45, 7) is 6.16. The summed E-state index contributed by atoms with van der Waals surface area (Å²) in [5, 5.41) is 0. The van der Waals surface area contributed by atoms with Crippen LogP contribution in [0.2, 0.25) is 5.54 Å². The van der Waals surface area contributed by atoms with Crippen molar-refractivity contribution in [3.63, 3.8) is 0 Å². The van der Waals surface area contributed by atoms with Gasteiger partial charge in [-0.25, -0.2) is 0 Å². The van der Waals surface area contributed by atoms with E-state index < -0.39 is 8.68 Å². The van der Waals surface area contributed by atoms with E-state index in [0.717, 1.165) is 0 Å². The molecule has 0 N–H and O–H groups in total. The smallest absolute Gasteiger partial charge is 0.311 e. The van der Waals surface area contributed by atoms with Crippen molar-refractivity contribution >= 4 is 8.68 Å². The highest BCUT2D eigenvalue weighted by molar-refractivity contribution is 6.52. The monoisotopic (exact) mass is 152 g/mol. The summed E-state index contributed by atoms with van der Waals surface area (Å²) < 4.78 is 11.2. The van der Waals surface area contributed by atoms with Crippen molar-refractivity contribution in [3.8, 4) is 0 Å². The summed E-state index contributed by atoms with van der Waals surface area (Å²) in [6, 6.07) is 0. The molecule has 0 saturated carbocycles. The average Bonchev–Trinajstić information content (AvgIpc) is 1.93. The van der Waals surface area contributed by atoms with Crippen molar-refractivity contribution < 1.29 is 4.46 Å². The van der Waals surface area contributed by atoms with Gasteiger partial charge in [-0.1, -0.05) is 24.1 Å². The molecular formula is C8H12OSi. The van der Waals surface area contributed by atoms with Crippen LogP contribution in [0.25, 0.3) is 0 Å². The topological polar surface area (TPSA) is 17.1 Å². The van der Waals surface area contributed by atoms with Gasteiger partial charge >= 0.3 is 8.68 Å². The van der Waals surface area contributed by atoms with Gasteiger partial charge < -0.3 is 4.46 Å². The number of rotatable bonds is 0. The van der Waals surface area contributed by atoms with E-state index in [2.05, 4.69) is 13.8 Å². The standard InChI is InChI=1S/C8H12OSi/c1-6-4-5-10(9)8(3)7(6)2/h4-5,8H,1-3H3. The van der Waals surface area contributed by atoms with Crippen molar-refractivity contribution in [1.82, 2.24) is 0 Å². The van der Waals surface area contributed by atoms with Crippen LogP contribution in [0.1, 0.15) is 20.8 Å². The Kier molecular flexibility index (Phi) is 1.99. The fourth-order valence-electron chi connectivity index (χ4n) is 1.04. The molecule has 1 nitrogen and oxygen atoms in total. The van der Waals surface area contributed by atoms with Crippen LogP contribution < -0.4 is 0 Å². The van der Waals surface area contributed by atoms with E-state index >= 15 is 0 Å². The molecule has 0 spiro atoms. The molecule has 0 aliphatic carbocycles. The summed E-state index contributed by atoms with van der Waals surface area (Å²) >= 11 is 0. The first-order chi connectivity index (χ1) is 4.63. The van der Waals surface area contributed by atoms with Crippen LogP contribution >= 0.6 is 0 Å². The maximum atomic E-state index is 11.2. The second kappa shape index (κ2) is 2.62. The van der Waals surface area contributed by atoms with Gasteiger partial charge in [0.25, 0.3) is 0 Å². The highest BCUT2D eigenvalue weighted by atomic mass is 28.3. The van der Waals surface area contributed by atoms with Crippen LogP contribution in [0.15, 0.2) is 22.9 Å². The van der Waals surface area contributed by atoms with Crippen LogP contribution in [-0.4, -0.2) is 8.68 Å². The Balaban J connectivity index is 2.99. The van der Waals surface area contributed by atoms with Gasteiger partial charge in [0.05, 0.1) is 0 Å². The van der Waals surface area contributed by atoms with Crippen molar-refractivity contribution in [2.75, 3.05) is 0 Å². The highest BCUT2D eigenvalue weighted by Crippen LogP contribution is 2.25. The molecule has 10 heavy (non-hydrogen) atoms. The Morgan fingerprint density at radius 1 is 1.50 bits per heavy atom. The van der Waals surface area contributed by atoms with Crippen molar-refractivity contribution in [1.29, 1.82) is 0 Å². The summed E-state index contributed by atoms with van der Waals surface area (Å²) in [5.41, 5.74) is 4.69. The number of hydrogen-bond donors (Lipinski definition) is 0. The lowest BCUT2D eigenvalue weighted by molar-refractivity contribution is 0.560. The van der Waals surface area contributed by atoms with E-state index in [4.69, 9.17) is 0 Å². The molecule has 0 aromatic carbocycles. The lowest BCUT2D eigenvalue weighted by Gasteiger charge is -2.13. The molecule has 1 atom stereocenters. The minimum Gasteiger partial charge on any atom is -0.382 e. The second-order valence-electron chi connectivity index (χ2n) is 2.82. The summed E-state index contributed by atoms with van der Waals surface area (Å²) in [5.74, 6) is 0. The summed E-state index contributed by atoms with van der Waals surface area (Å²) in [4.78, 5) is 0. The van der Waals surface area contributed by atoms with Gasteiger partial charge in [0, 0.05) is 5.54 Å². The fourth-order valence-corrected chi connectivity index (χ4v) is 2.40. The van der Waals surface area contributed by atoms with Gasteiger partial charge in [-0.3, -0.25) is 0 Å². The molecule has 0 saturated heterocycles. The first-order valence-corrected chi connectivity index (χ1v) is 5.08. The van der Waals surface area contributed by atoms with E-state index in [-0.39, 0.29) is 5.54 Å². The molecule has 1 aliphatic heterocycles. The third kappa shape index (κ3) is 1.16. The molecule has 0 fully saturated rings. The first kappa shape index (κ1) is 7.60. The molecular weight excluding hydrogens is 140 g/mol. The molecule has 0 aromatic heterocycles. The molecule has 54 valence electrons. The Morgan fingerprint density at radius 2 is 2.10 bits per heavy atom. The molecule has 1 heterocycles. The van der Waals surface area contributed by atoms with Gasteiger partial charge in [-0.2, -0.15) is 0 Å². The highest BCUT2D eigenvalue weighted by Gasteiger charge is 2.18. The molecule has 1 aliphatic rings. The minimum atomic E-state index is -1.44. The van der Waals surface area contributed by atoms with Crippen LogP contribution in [0.5, 0.6) is 0 Å². The number of allylic oxidation sites excluding steroid dienone is 3. The van der Waals surface area contributed by atoms with E-state index in [1.807, 2.05) is 18.7 Å². The normalized spacial score (nSPS) is 25.9. The third-order valence-electron chi connectivity index (χ3n) is 2.20. The zero-order valence-corrected chi connectivity index (χ0v) is 7.64. The van der Waals surface area contributed by atoms with Gasteiger partial charge in [-0.15, -0.1) is 0 Å². The van der Waals surface area contributed by atoms with Gasteiger partial charge in [-0.05, 0) is 19.5 Å². The quantitative estimate of drug-likeness (QED) is 0.486. The fraction of sp³-hybridized carbons (Fsp3) is 0.500. The third-order valence-corrected chi connectivity index (χ3v) is 3.98. The largest absolute Gasteiger partial charge is 0.382 e. The van der Waals surface area contributed by atoms with Gasteiger partial charge in [0.15, 0.2) is 0 Å². The van der Waals surface area contributed by atoms with E-state index in [1.54, 1.807) is 0 Å². The zero-order valence-electron chi connectivity index (χ0n) is 6.64. The van der Waals surface area contributed by atoms with Crippen molar-refractivity contribution in [2.45, 2.75) is 26.3 Å². The predicted molar refractivity (Wildman–Crippen MR) is 43.4 cm³/mol. The van der Waals surface area contributed by atoms with Crippen LogP contribution in [-0.2, 0) is 4.46 Å². The van der Waals surface area contributed by atoms with E-state index in [1.165, 1.54) is 11.1 Å². The van der Waals surface area contributed by atoms with Gasteiger partial charge in [0.2, 0.25) is 0 Å². The lowest BCUT2D eigenvalue weighted by Crippen LogP contribution is -2.10.